The zero-order valence-electron chi connectivity index (χ0n) is 5.59. The van der Waals surface area contributed by atoms with Crippen LogP contribution in [0.4, 0.5) is 0 Å². The molecule has 1 aliphatic carbocycles. The van der Waals surface area contributed by atoms with E-state index in [4.69, 9.17) is 11.6 Å². The molecule has 3 nitrogen and oxygen atoms in total. The van der Waals surface area contributed by atoms with Crippen molar-refractivity contribution in [2.24, 2.45) is 0 Å². The normalized spacial score (nSPS) is 21.0. The molecule has 0 unspecified atom stereocenters. The Bertz CT molecular complexity index is 254. The Hall–Kier alpha value is -0.570. The van der Waals surface area contributed by atoms with E-state index < -0.39 is 0 Å². The van der Waals surface area contributed by atoms with Crippen LogP contribution in [-0.4, -0.2) is 10.1 Å². The lowest BCUT2D eigenvalue weighted by molar-refractivity contribution is 0.406. The van der Waals surface area contributed by atoms with Gasteiger partial charge in [-0.05, 0) is 24.4 Å². The van der Waals surface area contributed by atoms with Crippen molar-refractivity contribution in [2.75, 3.05) is 0 Å². The lowest BCUT2D eigenvalue weighted by Gasteiger charge is -1.96. The van der Waals surface area contributed by atoms with Crippen molar-refractivity contribution < 1.29 is 4.52 Å². The van der Waals surface area contributed by atoms with E-state index in [2.05, 4.69) is 21.6 Å². The third-order valence-corrected chi connectivity index (χ3v) is 2.09. The average Bonchev–Trinajstić information content (AvgIpc) is 2.45. The molecule has 0 saturated heterocycles. The fraction of sp³-hybridized carbons (Fsp3) is 0.667. The van der Waals surface area contributed by atoms with Crippen LogP contribution in [0.3, 0.4) is 0 Å². The summed E-state index contributed by atoms with van der Waals surface area (Å²) < 4.78 is 4.64. The molecule has 0 bridgehead atoms. The van der Waals surface area contributed by atoms with Crippen molar-refractivity contribution >= 4 is 11.6 Å². The lowest BCUT2D eigenvalue weighted by Crippen LogP contribution is -2.01. The van der Waals surface area contributed by atoms with Gasteiger partial charge in [0.15, 0.2) is 5.82 Å². The van der Waals surface area contributed by atoms with Gasteiger partial charge in [-0.25, -0.2) is 0 Å². The molecular weight excluding hydrogens is 152 g/mol. The maximum atomic E-state index is 5.45. The first-order chi connectivity index (χ1) is 4.71. The van der Waals surface area contributed by atoms with Gasteiger partial charge in [-0.1, -0.05) is 12.1 Å². The van der Waals surface area contributed by atoms with Crippen LogP contribution < -0.4 is 0 Å². The zero-order valence-corrected chi connectivity index (χ0v) is 6.35. The summed E-state index contributed by atoms with van der Waals surface area (Å²) in [4.78, 5) is 3.93. The molecule has 0 amide bonds. The summed E-state index contributed by atoms with van der Waals surface area (Å²) in [5, 5.41) is 3.87. The lowest BCUT2D eigenvalue weighted by atomic mass is 10.1. The van der Waals surface area contributed by atoms with E-state index in [0.29, 0.717) is 0 Å². The van der Waals surface area contributed by atoms with Gasteiger partial charge in [-0.2, -0.15) is 4.98 Å². The molecule has 1 fully saturated rings. The van der Waals surface area contributed by atoms with Crippen LogP contribution >= 0.6 is 11.6 Å². The molecule has 0 N–H and O–H groups in total. The number of aromatic nitrogens is 2. The van der Waals surface area contributed by atoms with Gasteiger partial charge in [-0.3, -0.25) is 0 Å². The Morgan fingerprint density at radius 3 is 2.70 bits per heavy atom. The minimum absolute atomic E-state index is 0.142. The van der Waals surface area contributed by atoms with Gasteiger partial charge in [0.1, 0.15) is 0 Å². The quantitative estimate of drug-likeness (QED) is 0.626. The predicted molar refractivity (Wildman–Crippen MR) is 35.9 cm³/mol. The van der Waals surface area contributed by atoms with Gasteiger partial charge < -0.3 is 4.52 Å². The second-order valence-corrected chi connectivity index (χ2v) is 3.25. The van der Waals surface area contributed by atoms with Gasteiger partial charge in [0.05, 0.1) is 0 Å². The largest absolute Gasteiger partial charge is 0.321 e. The molecule has 2 rings (SSSR count). The molecule has 0 radical (unpaired) electrons. The summed E-state index contributed by atoms with van der Waals surface area (Å²) in [6.07, 6.45) is 2.28. The van der Waals surface area contributed by atoms with Crippen molar-refractivity contribution in [1.82, 2.24) is 10.1 Å². The maximum Gasteiger partial charge on any atom is 0.320 e. The first-order valence-corrected chi connectivity index (χ1v) is 3.58. The topological polar surface area (TPSA) is 38.9 Å². The van der Waals surface area contributed by atoms with E-state index in [0.717, 1.165) is 18.7 Å². The molecule has 0 aromatic carbocycles. The second kappa shape index (κ2) is 1.72. The fourth-order valence-corrected chi connectivity index (χ4v) is 0.976. The molecule has 0 atom stereocenters. The summed E-state index contributed by atoms with van der Waals surface area (Å²) >= 11 is 5.45. The number of nitrogens with zero attached hydrogens (tertiary/aromatic N) is 2. The SMILES string of the molecule is CC1(c2noc(Cl)n2)CC1. The average molecular weight is 159 g/mol. The Labute approximate surface area is 63.4 Å². The highest BCUT2D eigenvalue weighted by atomic mass is 35.5. The highest BCUT2D eigenvalue weighted by Gasteiger charge is 2.43. The van der Waals surface area contributed by atoms with Crippen molar-refractivity contribution in [3.8, 4) is 0 Å². The number of halogens is 1. The fourth-order valence-electron chi connectivity index (χ4n) is 0.861. The number of rotatable bonds is 1. The number of hydrogen-bond donors (Lipinski definition) is 0. The molecule has 1 aromatic heterocycles. The minimum atomic E-state index is 0.142. The molecule has 1 heterocycles. The summed E-state index contributed by atoms with van der Waals surface area (Å²) in [6.45, 7) is 2.11. The molecule has 4 heteroatoms. The molecule has 1 saturated carbocycles. The van der Waals surface area contributed by atoms with Crippen molar-refractivity contribution in [2.45, 2.75) is 25.2 Å². The summed E-state index contributed by atoms with van der Waals surface area (Å²) in [7, 11) is 0. The Morgan fingerprint density at radius 1 is 1.60 bits per heavy atom. The van der Waals surface area contributed by atoms with Crippen molar-refractivity contribution in [3.63, 3.8) is 0 Å². The monoisotopic (exact) mass is 158 g/mol. The third-order valence-electron chi connectivity index (χ3n) is 1.94. The van der Waals surface area contributed by atoms with E-state index in [9.17, 15) is 0 Å². The second-order valence-electron chi connectivity index (χ2n) is 2.93. The standard InChI is InChI=1S/C6H7ClN2O/c1-6(2-3-6)4-8-5(7)10-9-4/h2-3H2,1H3. The van der Waals surface area contributed by atoms with Crippen LogP contribution in [0.1, 0.15) is 25.6 Å². The summed E-state index contributed by atoms with van der Waals surface area (Å²) in [5.74, 6) is 0.748. The maximum absolute atomic E-state index is 5.45. The first-order valence-electron chi connectivity index (χ1n) is 3.20. The molecule has 1 aromatic rings. The third kappa shape index (κ3) is 0.814. The van der Waals surface area contributed by atoms with Gasteiger partial charge in [-0.15, -0.1) is 0 Å². The van der Waals surface area contributed by atoms with Crippen LogP contribution in [0, 0.1) is 0 Å². The molecule has 10 heavy (non-hydrogen) atoms. The van der Waals surface area contributed by atoms with Crippen LogP contribution in [0.5, 0.6) is 0 Å². The van der Waals surface area contributed by atoms with Gasteiger partial charge >= 0.3 is 5.35 Å². The van der Waals surface area contributed by atoms with Crippen molar-refractivity contribution in [1.29, 1.82) is 0 Å². The van der Waals surface area contributed by atoms with E-state index in [1.54, 1.807) is 0 Å². The first kappa shape index (κ1) is 6.16. The predicted octanol–water partition coefficient (Wildman–Crippen LogP) is 1.77. The van der Waals surface area contributed by atoms with E-state index in [1.165, 1.54) is 0 Å². The highest BCUT2D eigenvalue weighted by molar-refractivity contribution is 6.27. The smallest absolute Gasteiger partial charge is 0.320 e. The van der Waals surface area contributed by atoms with Crippen LogP contribution in [0.2, 0.25) is 5.35 Å². The minimum Gasteiger partial charge on any atom is -0.321 e. The Morgan fingerprint density at radius 2 is 2.30 bits per heavy atom. The Kier molecular flexibility index (Phi) is 1.06. The van der Waals surface area contributed by atoms with Gasteiger partial charge in [0, 0.05) is 5.41 Å². The van der Waals surface area contributed by atoms with Crippen LogP contribution in [-0.2, 0) is 5.41 Å². The summed E-state index contributed by atoms with van der Waals surface area (Å²) in [6, 6.07) is 0. The zero-order chi connectivity index (χ0) is 7.19. The molecule has 1 aliphatic rings. The molecular formula is C6H7ClN2O. The van der Waals surface area contributed by atoms with E-state index in [-0.39, 0.29) is 10.8 Å². The molecule has 0 spiro atoms. The van der Waals surface area contributed by atoms with Gasteiger partial charge in [0.2, 0.25) is 0 Å². The van der Waals surface area contributed by atoms with E-state index in [1.807, 2.05) is 0 Å². The van der Waals surface area contributed by atoms with Crippen LogP contribution in [0.15, 0.2) is 4.52 Å². The number of hydrogen-bond acceptors (Lipinski definition) is 3. The highest BCUT2D eigenvalue weighted by Crippen LogP contribution is 2.46. The summed E-state index contributed by atoms with van der Waals surface area (Å²) in [5.41, 5.74) is 0.163. The van der Waals surface area contributed by atoms with Gasteiger partial charge in [0.25, 0.3) is 0 Å². The molecule has 0 aliphatic heterocycles. The van der Waals surface area contributed by atoms with Crippen LogP contribution in [0.25, 0.3) is 0 Å². The Balaban J connectivity index is 2.34. The van der Waals surface area contributed by atoms with E-state index >= 15 is 0 Å². The molecule has 54 valence electrons. The van der Waals surface area contributed by atoms with Crippen molar-refractivity contribution in [3.05, 3.63) is 11.2 Å².